The number of aromatic amines is 1. The van der Waals surface area contributed by atoms with Crippen molar-refractivity contribution in [2.24, 2.45) is 5.73 Å². The largest absolute Gasteiger partial charge is 0.342 e. The van der Waals surface area contributed by atoms with E-state index in [1.807, 2.05) is 25.1 Å². The van der Waals surface area contributed by atoms with Gasteiger partial charge in [-0.2, -0.15) is 0 Å². The number of hydrogen-bond donors (Lipinski definition) is 2. The van der Waals surface area contributed by atoms with Crippen molar-refractivity contribution in [3.63, 3.8) is 0 Å². The molecule has 2 rings (SSSR count). The molecule has 1 unspecified atom stereocenters. The highest BCUT2D eigenvalue weighted by molar-refractivity contribution is 9.10. The molecule has 5 heteroatoms. The first-order valence-electron chi connectivity index (χ1n) is 5.32. The van der Waals surface area contributed by atoms with Crippen molar-refractivity contribution in [1.29, 1.82) is 0 Å². The van der Waals surface area contributed by atoms with Crippen molar-refractivity contribution in [3.05, 3.63) is 39.7 Å². The molecule has 0 fully saturated rings. The average molecular weight is 315 g/mol. The van der Waals surface area contributed by atoms with E-state index in [9.17, 15) is 0 Å². The molecule has 1 heterocycles. The molecule has 0 saturated carbocycles. The number of benzene rings is 1. The van der Waals surface area contributed by atoms with Gasteiger partial charge in [-0.15, -0.1) is 0 Å². The Bertz CT molecular complexity index is 524. The van der Waals surface area contributed by atoms with E-state index in [1.54, 1.807) is 6.20 Å². The van der Waals surface area contributed by atoms with Crippen molar-refractivity contribution in [2.45, 2.75) is 12.8 Å². The molecule has 0 radical (unpaired) electrons. The highest BCUT2D eigenvalue weighted by Crippen LogP contribution is 2.29. The summed E-state index contributed by atoms with van der Waals surface area (Å²) in [5, 5.41) is 0.690. The summed E-state index contributed by atoms with van der Waals surface area (Å²) in [6, 6.07) is 5.77. The molecular formula is C12H13BrClN3. The number of aromatic nitrogens is 2. The van der Waals surface area contributed by atoms with Crippen LogP contribution in [0.4, 0.5) is 0 Å². The van der Waals surface area contributed by atoms with Gasteiger partial charge in [0.25, 0.3) is 0 Å². The number of nitrogens with zero attached hydrogens (tertiary/aromatic N) is 1. The summed E-state index contributed by atoms with van der Waals surface area (Å²) in [5.41, 5.74) is 7.47. The molecule has 0 bridgehead atoms. The van der Waals surface area contributed by atoms with Crippen molar-refractivity contribution < 1.29 is 0 Å². The van der Waals surface area contributed by atoms with Gasteiger partial charge >= 0.3 is 0 Å². The fourth-order valence-corrected chi connectivity index (χ4v) is 2.32. The van der Waals surface area contributed by atoms with Crippen LogP contribution in [0.15, 0.2) is 28.9 Å². The lowest BCUT2D eigenvalue weighted by atomic mass is 10.1. The van der Waals surface area contributed by atoms with Crippen molar-refractivity contribution >= 4 is 27.5 Å². The average Bonchev–Trinajstić information content (AvgIpc) is 2.77. The van der Waals surface area contributed by atoms with Crippen LogP contribution in [0, 0.1) is 0 Å². The van der Waals surface area contributed by atoms with Gasteiger partial charge in [-0.05, 0) is 12.1 Å². The fourth-order valence-electron chi connectivity index (χ4n) is 1.54. The number of halogens is 2. The maximum Gasteiger partial charge on any atom is 0.110 e. The number of nitrogens with one attached hydrogen (secondary N) is 1. The molecule has 90 valence electrons. The van der Waals surface area contributed by atoms with Crippen LogP contribution in [0.2, 0.25) is 5.02 Å². The topological polar surface area (TPSA) is 54.7 Å². The molecule has 1 atom stereocenters. The highest BCUT2D eigenvalue weighted by atomic mass is 79.9. The number of imidazole rings is 1. The van der Waals surface area contributed by atoms with E-state index in [-0.39, 0.29) is 5.92 Å². The summed E-state index contributed by atoms with van der Waals surface area (Å²) in [7, 11) is 0. The monoisotopic (exact) mass is 313 g/mol. The zero-order valence-corrected chi connectivity index (χ0v) is 11.7. The van der Waals surface area contributed by atoms with Gasteiger partial charge in [0.2, 0.25) is 0 Å². The first-order chi connectivity index (χ1) is 8.11. The minimum atomic E-state index is 0.220. The van der Waals surface area contributed by atoms with Crippen molar-refractivity contribution in [2.75, 3.05) is 6.54 Å². The van der Waals surface area contributed by atoms with E-state index in [4.69, 9.17) is 17.3 Å². The standard InChI is InChI=1S/C12H13BrClN3/c1-7(5-15)12-16-6-11(17-12)9-3-2-8(13)4-10(9)14/h2-4,6-7H,5,15H2,1H3,(H,16,17). The minimum absolute atomic E-state index is 0.220. The second kappa shape index (κ2) is 5.21. The van der Waals surface area contributed by atoms with Gasteiger partial charge in [-0.3, -0.25) is 0 Å². The third-order valence-electron chi connectivity index (χ3n) is 2.64. The lowest BCUT2D eigenvalue weighted by Gasteiger charge is -2.04. The molecule has 2 aromatic rings. The molecule has 3 nitrogen and oxygen atoms in total. The third kappa shape index (κ3) is 2.70. The van der Waals surface area contributed by atoms with Crippen LogP contribution in [0.25, 0.3) is 11.3 Å². The summed E-state index contributed by atoms with van der Waals surface area (Å²) >= 11 is 9.57. The van der Waals surface area contributed by atoms with Crippen molar-refractivity contribution in [3.8, 4) is 11.3 Å². The van der Waals surface area contributed by atoms with E-state index in [1.165, 1.54) is 0 Å². The predicted molar refractivity (Wildman–Crippen MR) is 74.2 cm³/mol. The Labute approximate surface area is 114 Å². The molecule has 1 aromatic heterocycles. The van der Waals surface area contributed by atoms with E-state index in [0.29, 0.717) is 11.6 Å². The van der Waals surface area contributed by atoms with Crippen LogP contribution in [-0.4, -0.2) is 16.5 Å². The normalized spacial score (nSPS) is 12.7. The maximum absolute atomic E-state index is 6.18. The van der Waals surface area contributed by atoms with E-state index >= 15 is 0 Å². The van der Waals surface area contributed by atoms with Gasteiger partial charge in [0, 0.05) is 22.5 Å². The Kier molecular flexibility index (Phi) is 3.86. The van der Waals surface area contributed by atoms with Crippen LogP contribution in [0.1, 0.15) is 18.7 Å². The summed E-state index contributed by atoms with van der Waals surface area (Å²) in [5.74, 6) is 1.11. The summed E-state index contributed by atoms with van der Waals surface area (Å²) in [4.78, 5) is 7.57. The van der Waals surface area contributed by atoms with E-state index < -0.39 is 0 Å². The van der Waals surface area contributed by atoms with Gasteiger partial charge in [0.05, 0.1) is 16.9 Å². The Hall–Kier alpha value is -0.840. The number of hydrogen-bond acceptors (Lipinski definition) is 2. The first kappa shape index (κ1) is 12.6. The SMILES string of the molecule is CC(CN)c1ncc(-c2ccc(Br)cc2Cl)[nH]1. The fraction of sp³-hybridized carbons (Fsp3) is 0.250. The zero-order chi connectivity index (χ0) is 12.4. The zero-order valence-electron chi connectivity index (χ0n) is 9.37. The molecule has 0 saturated heterocycles. The molecule has 0 spiro atoms. The lowest BCUT2D eigenvalue weighted by Crippen LogP contribution is -2.10. The predicted octanol–water partition coefficient (Wildman–Crippen LogP) is 3.55. The molecule has 0 amide bonds. The maximum atomic E-state index is 6.18. The second-order valence-electron chi connectivity index (χ2n) is 3.94. The van der Waals surface area contributed by atoms with Crippen molar-refractivity contribution in [1.82, 2.24) is 9.97 Å². The van der Waals surface area contributed by atoms with Gasteiger partial charge in [0.15, 0.2) is 0 Å². The molecule has 0 aliphatic carbocycles. The number of rotatable bonds is 3. The minimum Gasteiger partial charge on any atom is -0.342 e. The Morgan fingerprint density at radius 1 is 1.53 bits per heavy atom. The van der Waals surface area contributed by atoms with Crippen LogP contribution in [-0.2, 0) is 0 Å². The van der Waals surface area contributed by atoms with Gasteiger partial charge < -0.3 is 10.7 Å². The molecule has 0 aliphatic rings. The van der Waals surface area contributed by atoms with Crippen LogP contribution in [0.5, 0.6) is 0 Å². The van der Waals surface area contributed by atoms with Crippen LogP contribution < -0.4 is 5.73 Å². The first-order valence-corrected chi connectivity index (χ1v) is 6.49. The summed E-state index contributed by atoms with van der Waals surface area (Å²) in [6.45, 7) is 2.60. The molecule has 17 heavy (non-hydrogen) atoms. The van der Waals surface area contributed by atoms with Crippen LogP contribution >= 0.6 is 27.5 Å². The smallest absolute Gasteiger partial charge is 0.110 e. The Balaban J connectivity index is 2.37. The molecule has 0 aliphatic heterocycles. The molecule has 3 N–H and O–H groups in total. The van der Waals surface area contributed by atoms with Gasteiger partial charge in [-0.25, -0.2) is 4.98 Å². The van der Waals surface area contributed by atoms with Crippen LogP contribution in [0.3, 0.4) is 0 Å². The van der Waals surface area contributed by atoms with E-state index in [2.05, 4.69) is 25.9 Å². The molecular weight excluding hydrogens is 302 g/mol. The third-order valence-corrected chi connectivity index (χ3v) is 3.44. The Morgan fingerprint density at radius 2 is 2.29 bits per heavy atom. The van der Waals surface area contributed by atoms with Gasteiger partial charge in [0.1, 0.15) is 5.82 Å². The van der Waals surface area contributed by atoms with Gasteiger partial charge in [-0.1, -0.05) is 40.5 Å². The quantitative estimate of drug-likeness (QED) is 0.910. The summed E-state index contributed by atoms with van der Waals surface area (Å²) in [6.07, 6.45) is 1.79. The van der Waals surface area contributed by atoms with E-state index in [0.717, 1.165) is 21.6 Å². The number of H-pyrrole nitrogens is 1. The Morgan fingerprint density at radius 3 is 2.94 bits per heavy atom. The molecule has 1 aromatic carbocycles. The highest BCUT2D eigenvalue weighted by Gasteiger charge is 2.11. The second-order valence-corrected chi connectivity index (χ2v) is 5.27. The summed E-state index contributed by atoms with van der Waals surface area (Å²) < 4.78 is 0.960. The number of nitrogens with two attached hydrogens (primary N) is 1. The lowest BCUT2D eigenvalue weighted by molar-refractivity contribution is 0.725.